The molecule has 0 saturated heterocycles. The van der Waals surface area contributed by atoms with Gasteiger partial charge in [-0.05, 0) is 62.3 Å². The zero-order valence-electron chi connectivity index (χ0n) is 17.4. The topological polar surface area (TPSA) is 66.5 Å². The average molecular weight is 415 g/mol. The second-order valence-corrected chi connectivity index (χ2v) is 9.74. The Kier molecular flexibility index (Phi) is 6.75. The van der Waals surface area contributed by atoms with Crippen molar-refractivity contribution in [3.05, 3.63) is 65.2 Å². The van der Waals surface area contributed by atoms with Crippen LogP contribution in [-0.2, 0) is 21.4 Å². The van der Waals surface area contributed by atoms with Crippen LogP contribution in [0.15, 0.2) is 53.4 Å². The summed E-state index contributed by atoms with van der Waals surface area (Å²) in [5, 5.41) is 0. The van der Waals surface area contributed by atoms with Gasteiger partial charge in [-0.2, -0.15) is 0 Å². The summed E-state index contributed by atoms with van der Waals surface area (Å²) in [4.78, 5) is 15.1. The first-order valence-electron chi connectivity index (χ1n) is 10.2. The highest BCUT2D eigenvalue weighted by atomic mass is 32.2. The monoisotopic (exact) mass is 414 g/mol. The Balaban J connectivity index is 1.64. The zero-order chi connectivity index (χ0) is 21.0. The van der Waals surface area contributed by atoms with E-state index in [0.717, 1.165) is 24.0 Å². The third-order valence-electron chi connectivity index (χ3n) is 5.58. The fourth-order valence-electron chi connectivity index (χ4n) is 3.58. The number of aryl methyl sites for hydroxylation is 2. The summed E-state index contributed by atoms with van der Waals surface area (Å²) in [5.74, 6) is 0.534. The first-order chi connectivity index (χ1) is 13.8. The van der Waals surface area contributed by atoms with Crippen molar-refractivity contribution in [3.63, 3.8) is 0 Å². The molecule has 29 heavy (non-hydrogen) atoms. The van der Waals surface area contributed by atoms with Crippen LogP contribution in [0, 0.1) is 19.8 Å². The molecular formula is C23H30N2O3S. The van der Waals surface area contributed by atoms with Crippen LogP contribution in [-0.4, -0.2) is 31.8 Å². The Morgan fingerprint density at radius 3 is 2.48 bits per heavy atom. The van der Waals surface area contributed by atoms with Gasteiger partial charge in [0.25, 0.3) is 0 Å². The molecule has 1 fully saturated rings. The van der Waals surface area contributed by atoms with Gasteiger partial charge in [0.1, 0.15) is 0 Å². The number of benzene rings is 2. The van der Waals surface area contributed by atoms with Gasteiger partial charge in [0, 0.05) is 25.6 Å². The maximum atomic E-state index is 13.0. The van der Waals surface area contributed by atoms with Crippen molar-refractivity contribution >= 4 is 15.9 Å². The largest absolute Gasteiger partial charge is 0.335 e. The molecule has 5 nitrogen and oxygen atoms in total. The normalized spacial score (nSPS) is 15.1. The van der Waals surface area contributed by atoms with Crippen LogP contribution in [0.3, 0.4) is 0 Å². The molecule has 1 N–H and O–H groups in total. The number of rotatable bonds is 9. The molecule has 1 amide bonds. The zero-order valence-corrected chi connectivity index (χ0v) is 18.2. The summed E-state index contributed by atoms with van der Waals surface area (Å²) in [7, 11) is -3.64. The van der Waals surface area contributed by atoms with E-state index in [1.54, 1.807) is 19.1 Å². The molecule has 3 rings (SSSR count). The highest BCUT2D eigenvalue weighted by molar-refractivity contribution is 7.89. The van der Waals surface area contributed by atoms with Gasteiger partial charge in [-0.25, -0.2) is 13.1 Å². The lowest BCUT2D eigenvalue weighted by molar-refractivity contribution is -0.134. The van der Waals surface area contributed by atoms with Crippen molar-refractivity contribution in [1.82, 2.24) is 9.62 Å². The quantitative estimate of drug-likeness (QED) is 0.679. The van der Waals surface area contributed by atoms with Crippen LogP contribution in [0.25, 0.3) is 0 Å². The van der Waals surface area contributed by atoms with Crippen molar-refractivity contribution in [2.75, 3.05) is 6.54 Å². The number of amides is 1. The third-order valence-corrected chi connectivity index (χ3v) is 7.18. The van der Waals surface area contributed by atoms with Gasteiger partial charge in [-0.15, -0.1) is 0 Å². The van der Waals surface area contributed by atoms with Crippen molar-refractivity contribution < 1.29 is 13.2 Å². The average Bonchev–Trinajstić information content (AvgIpc) is 3.53. The van der Waals surface area contributed by atoms with Crippen LogP contribution in [0.2, 0.25) is 0 Å². The molecular weight excluding hydrogens is 384 g/mol. The maximum Gasteiger partial charge on any atom is 0.240 e. The SMILES string of the molecule is Cc1ccc(C)c(S(=O)(=O)NCCC(=O)N(Cc2ccccc2)C(C)C2CC2)c1. The predicted molar refractivity (Wildman–Crippen MR) is 115 cm³/mol. The van der Waals surface area contributed by atoms with Crippen LogP contribution in [0.1, 0.15) is 42.9 Å². The molecule has 1 aliphatic rings. The van der Waals surface area contributed by atoms with Gasteiger partial charge < -0.3 is 4.90 Å². The number of hydrogen-bond donors (Lipinski definition) is 1. The van der Waals surface area contributed by atoms with E-state index in [1.807, 2.05) is 48.2 Å². The Labute approximate surface area is 174 Å². The van der Waals surface area contributed by atoms with Crippen molar-refractivity contribution in [2.45, 2.75) is 57.5 Å². The molecule has 0 radical (unpaired) electrons. The van der Waals surface area contributed by atoms with E-state index >= 15 is 0 Å². The van der Waals surface area contributed by atoms with Gasteiger partial charge in [-0.3, -0.25) is 4.79 Å². The van der Waals surface area contributed by atoms with Crippen molar-refractivity contribution in [1.29, 1.82) is 0 Å². The lowest BCUT2D eigenvalue weighted by Crippen LogP contribution is -2.41. The highest BCUT2D eigenvalue weighted by Crippen LogP contribution is 2.36. The fraction of sp³-hybridized carbons (Fsp3) is 0.435. The molecule has 1 saturated carbocycles. The van der Waals surface area contributed by atoms with E-state index in [2.05, 4.69) is 11.6 Å². The van der Waals surface area contributed by atoms with E-state index < -0.39 is 10.0 Å². The van der Waals surface area contributed by atoms with Crippen LogP contribution < -0.4 is 4.72 Å². The third kappa shape index (κ3) is 5.67. The summed E-state index contributed by atoms with van der Waals surface area (Å²) < 4.78 is 27.9. The minimum atomic E-state index is -3.64. The lowest BCUT2D eigenvalue weighted by atomic mass is 10.1. The number of nitrogens with zero attached hydrogens (tertiary/aromatic N) is 1. The number of nitrogens with one attached hydrogen (secondary N) is 1. The van der Waals surface area contributed by atoms with E-state index in [9.17, 15) is 13.2 Å². The Morgan fingerprint density at radius 1 is 1.14 bits per heavy atom. The predicted octanol–water partition coefficient (Wildman–Crippen LogP) is 3.80. The van der Waals surface area contributed by atoms with Crippen molar-refractivity contribution in [3.8, 4) is 0 Å². The first kappa shape index (κ1) is 21.5. The number of carbonyl (C=O) groups excluding carboxylic acids is 1. The smallest absolute Gasteiger partial charge is 0.240 e. The summed E-state index contributed by atoms with van der Waals surface area (Å²) in [5.41, 5.74) is 2.67. The molecule has 0 aromatic heterocycles. The van der Waals surface area contributed by atoms with Gasteiger partial charge in [0.2, 0.25) is 15.9 Å². The van der Waals surface area contributed by atoms with E-state index in [-0.39, 0.29) is 29.8 Å². The minimum absolute atomic E-state index is 0.0167. The fourth-order valence-corrected chi connectivity index (χ4v) is 4.94. The molecule has 1 atom stereocenters. The van der Waals surface area contributed by atoms with Crippen LogP contribution in [0.4, 0.5) is 0 Å². The Hall–Kier alpha value is -2.18. The lowest BCUT2D eigenvalue weighted by Gasteiger charge is -2.30. The Morgan fingerprint density at radius 2 is 1.83 bits per heavy atom. The van der Waals surface area contributed by atoms with Crippen LogP contribution >= 0.6 is 0 Å². The Bertz CT molecular complexity index is 953. The van der Waals surface area contributed by atoms with E-state index in [4.69, 9.17) is 0 Å². The molecule has 0 heterocycles. The molecule has 1 aliphatic carbocycles. The van der Waals surface area contributed by atoms with Gasteiger partial charge in [0.15, 0.2) is 0 Å². The molecule has 0 aliphatic heterocycles. The molecule has 0 spiro atoms. The van der Waals surface area contributed by atoms with E-state index in [0.29, 0.717) is 18.0 Å². The minimum Gasteiger partial charge on any atom is -0.335 e. The van der Waals surface area contributed by atoms with Crippen LogP contribution in [0.5, 0.6) is 0 Å². The van der Waals surface area contributed by atoms with E-state index in [1.165, 1.54) is 0 Å². The molecule has 156 valence electrons. The molecule has 2 aromatic carbocycles. The summed E-state index contributed by atoms with van der Waals surface area (Å²) in [6.07, 6.45) is 2.45. The number of hydrogen-bond acceptors (Lipinski definition) is 3. The number of carbonyl (C=O) groups is 1. The van der Waals surface area contributed by atoms with Gasteiger partial charge in [0.05, 0.1) is 4.90 Å². The standard InChI is InChI=1S/C23H30N2O3S/c1-17-9-10-18(2)22(15-17)29(27,28)24-14-13-23(26)25(19(3)21-11-12-21)16-20-7-5-4-6-8-20/h4-10,15,19,21,24H,11-14,16H2,1-3H3. The molecule has 2 aromatic rings. The first-order valence-corrected chi connectivity index (χ1v) is 11.7. The van der Waals surface area contributed by atoms with Gasteiger partial charge >= 0.3 is 0 Å². The highest BCUT2D eigenvalue weighted by Gasteiger charge is 2.34. The van der Waals surface area contributed by atoms with Gasteiger partial charge in [-0.1, -0.05) is 42.5 Å². The molecule has 0 bridgehead atoms. The second-order valence-electron chi connectivity index (χ2n) is 8.00. The second kappa shape index (κ2) is 9.09. The molecule has 1 unspecified atom stereocenters. The number of sulfonamides is 1. The summed E-state index contributed by atoms with van der Waals surface area (Å²) in [6, 6.07) is 15.5. The molecule has 6 heteroatoms. The summed E-state index contributed by atoms with van der Waals surface area (Å²) >= 11 is 0. The maximum absolute atomic E-state index is 13.0. The van der Waals surface area contributed by atoms with Crippen molar-refractivity contribution in [2.24, 2.45) is 5.92 Å². The summed E-state index contributed by atoms with van der Waals surface area (Å²) in [6.45, 7) is 6.39.